The van der Waals surface area contributed by atoms with E-state index in [2.05, 4.69) is 0 Å². The largest absolute Gasteiger partial charge is 0.416 e. The van der Waals surface area contributed by atoms with Crippen LogP contribution in [-0.2, 0) is 6.18 Å². The van der Waals surface area contributed by atoms with E-state index in [-0.39, 0.29) is 11.8 Å². The topological polar surface area (TPSA) is 81.3 Å². The lowest BCUT2D eigenvalue weighted by Crippen LogP contribution is -2.20. The zero-order valence-corrected chi connectivity index (χ0v) is 8.85. The molecule has 4 nitrogen and oxygen atoms in total. The fourth-order valence-electron chi connectivity index (χ4n) is 1.39. The minimum absolute atomic E-state index is 0.218. The van der Waals surface area contributed by atoms with E-state index in [1.165, 1.54) is 6.07 Å². The third-order valence-corrected chi connectivity index (χ3v) is 2.27. The minimum Gasteiger partial charge on any atom is -0.385 e. The lowest BCUT2D eigenvalue weighted by molar-refractivity contribution is -0.139. The fraction of sp³-hybridized carbons (Fsp3) is 0.273. The second-order valence-corrected chi connectivity index (χ2v) is 3.48. The Hall–Kier alpha value is -1.91. The van der Waals surface area contributed by atoms with Crippen molar-refractivity contribution in [1.29, 1.82) is 5.26 Å². The summed E-state index contributed by atoms with van der Waals surface area (Å²) in [7, 11) is 0. The first-order valence-corrected chi connectivity index (χ1v) is 4.73. The molecule has 0 amide bonds. The highest BCUT2D eigenvalue weighted by Crippen LogP contribution is 2.35. The molecular weight excluding hydrogens is 251 g/mol. The van der Waals surface area contributed by atoms with Crippen LogP contribution in [0.1, 0.15) is 27.6 Å². The maximum Gasteiger partial charge on any atom is 0.416 e. The van der Waals surface area contributed by atoms with E-state index in [9.17, 15) is 23.1 Å². The van der Waals surface area contributed by atoms with Gasteiger partial charge in [0.1, 0.15) is 12.4 Å². The van der Waals surface area contributed by atoms with E-state index in [4.69, 9.17) is 10.4 Å². The number of hydrogen-bond acceptors (Lipinski definition) is 4. The highest BCUT2D eigenvalue weighted by molar-refractivity contribution is 5.75. The van der Waals surface area contributed by atoms with Crippen LogP contribution in [0.15, 0.2) is 18.2 Å². The minimum atomic E-state index is -4.80. The molecule has 0 aromatic heterocycles. The van der Waals surface area contributed by atoms with Crippen LogP contribution in [0, 0.1) is 11.3 Å². The molecule has 0 aliphatic rings. The number of rotatable bonds is 3. The van der Waals surface area contributed by atoms with Gasteiger partial charge in [-0.3, -0.25) is 4.79 Å². The molecule has 0 aliphatic heterocycles. The number of nitrogens with zero attached hydrogens (tertiary/aromatic N) is 1. The molecule has 1 rings (SSSR count). The summed E-state index contributed by atoms with van der Waals surface area (Å²) >= 11 is 0. The Morgan fingerprint density at radius 2 is 1.94 bits per heavy atom. The van der Waals surface area contributed by atoms with Gasteiger partial charge in [-0.2, -0.15) is 18.4 Å². The maximum absolute atomic E-state index is 12.7. The van der Waals surface area contributed by atoms with Gasteiger partial charge >= 0.3 is 6.18 Å². The Kier molecular flexibility index (Phi) is 4.06. The Bertz CT molecular complexity index is 493. The summed E-state index contributed by atoms with van der Waals surface area (Å²) in [4.78, 5) is 10.4. The van der Waals surface area contributed by atoms with Crippen LogP contribution in [0.25, 0.3) is 0 Å². The molecule has 2 N–H and O–H groups in total. The van der Waals surface area contributed by atoms with Crippen molar-refractivity contribution in [2.45, 2.75) is 18.4 Å². The number of aliphatic hydroxyl groups is 2. The molecule has 7 heteroatoms. The number of hydrogen-bond donors (Lipinski definition) is 2. The average molecular weight is 259 g/mol. The predicted molar refractivity (Wildman–Crippen MR) is 53.4 cm³/mol. The molecule has 2 unspecified atom stereocenters. The molecule has 0 saturated carbocycles. The van der Waals surface area contributed by atoms with Crippen LogP contribution in [0.2, 0.25) is 0 Å². The van der Waals surface area contributed by atoms with Gasteiger partial charge in [0.2, 0.25) is 0 Å². The third kappa shape index (κ3) is 2.85. The van der Waals surface area contributed by atoms with Gasteiger partial charge < -0.3 is 10.2 Å². The lowest BCUT2D eigenvalue weighted by Gasteiger charge is -2.18. The summed E-state index contributed by atoms with van der Waals surface area (Å²) in [5, 5.41) is 26.8. The second-order valence-electron chi connectivity index (χ2n) is 3.48. The summed E-state index contributed by atoms with van der Waals surface area (Å²) in [5.74, 6) is 0. The van der Waals surface area contributed by atoms with Crippen LogP contribution in [-0.4, -0.2) is 22.6 Å². The molecule has 0 aliphatic carbocycles. The number of carbonyl (C=O) groups excluding carboxylic acids is 1. The smallest absolute Gasteiger partial charge is 0.385 e. The van der Waals surface area contributed by atoms with Gasteiger partial charge in [0.25, 0.3) is 0 Å². The monoisotopic (exact) mass is 259 g/mol. The molecule has 1 aromatic carbocycles. The van der Waals surface area contributed by atoms with E-state index in [0.29, 0.717) is 6.07 Å². The summed E-state index contributed by atoms with van der Waals surface area (Å²) in [5.41, 5.74) is -2.12. The zero-order chi connectivity index (χ0) is 13.9. The van der Waals surface area contributed by atoms with Crippen LogP contribution in [0.3, 0.4) is 0 Å². The molecule has 0 spiro atoms. The molecule has 18 heavy (non-hydrogen) atoms. The van der Waals surface area contributed by atoms with Crippen LogP contribution in [0.5, 0.6) is 0 Å². The van der Waals surface area contributed by atoms with Gasteiger partial charge in [0.05, 0.1) is 11.6 Å². The number of benzene rings is 1. The average Bonchev–Trinajstić information content (AvgIpc) is 2.35. The normalized spacial score (nSPS) is 14.7. The zero-order valence-electron chi connectivity index (χ0n) is 8.85. The van der Waals surface area contributed by atoms with Crippen molar-refractivity contribution in [3.8, 4) is 6.07 Å². The first kappa shape index (κ1) is 14.2. The molecule has 2 atom stereocenters. The SMILES string of the molecule is N#CC(O)C(O)c1ccc(C=O)cc1C(F)(F)F. The van der Waals surface area contributed by atoms with E-state index < -0.39 is 29.5 Å². The standard InChI is InChI=1S/C11H8F3NO3/c12-11(13,14)8-3-6(5-16)1-2-7(8)10(18)9(17)4-15/h1-3,5,9-10,17-18H. The first-order valence-electron chi connectivity index (χ1n) is 4.73. The van der Waals surface area contributed by atoms with Crippen LogP contribution in [0.4, 0.5) is 13.2 Å². The highest BCUT2D eigenvalue weighted by atomic mass is 19.4. The van der Waals surface area contributed by atoms with Crippen molar-refractivity contribution in [2.75, 3.05) is 0 Å². The maximum atomic E-state index is 12.7. The van der Waals surface area contributed by atoms with Gasteiger partial charge in [-0.15, -0.1) is 0 Å². The van der Waals surface area contributed by atoms with Gasteiger partial charge in [-0.05, 0) is 11.6 Å². The van der Waals surface area contributed by atoms with E-state index in [1.54, 1.807) is 0 Å². The molecule has 0 heterocycles. The van der Waals surface area contributed by atoms with E-state index in [0.717, 1.165) is 12.1 Å². The molecule has 0 radical (unpaired) electrons. The summed E-state index contributed by atoms with van der Waals surface area (Å²) in [6.07, 6.45) is -8.54. The summed E-state index contributed by atoms with van der Waals surface area (Å²) < 4.78 is 38.1. The van der Waals surface area contributed by atoms with Crippen molar-refractivity contribution in [3.63, 3.8) is 0 Å². The molecule has 0 fully saturated rings. The Morgan fingerprint density at radius 3 is 2.39 bits per heavy atom. The summed E-state index contributed by atoms with van der Waals surface area (Å²) in [6, 6.07) is 3.71. The van der Waals surface area contributed by atoms with Crippen LogP contribution < -0.4 is 0 Å². The number of halogens is 3. The van der Waals surface area contributed by atoms with Gasteiger partial charge in [-0.25, -0.2) is 0 Å². The van der Waals surface area contributed by atoms with Crippen molar-refractivity contribution >= 4 is 6.29 Å². The molecule has 1 aromatic rings. The lowest BCUT2D eigenvalue weighted by atomic mass is 9.97. The van der Waals surface area contributed by atoms with Gasteiger partial charge in [-0.1, -0.05) is 12.1 Å². The van der Waals surface area contributed by atoms with E-state index >= 15 is 0 Å². The van der Waals surface area contributed by atoms with E-state index in [1.807, 2.05) is 0 Å². The molecule has 96 valence electrons. The van der Waals surface area contributed by atoms with Crippen LogP contribution >= 0.6 is 0 Å². The number of alkyl halides is 3. The number of nitriles is 1. The second kappa shape index (κ2) is 5.16. The van der Waals surface area contributed by atoms with Gasteiger partial charge in [0, 0.05) is 5.56 Å². The molecule has 0 saturated heterocycles. The predicted octanol–water partition coefficient (Wildman–Crippen LogP) is 1.44. The first-order chi connectivity index (χ1) is 8.31. The quantitative estimate of drug-likeness (QED) is 0.635. The Labute approximate surface area is 99.9 Å². The number of aliphatic hydroxyl groups excluding tert-OH is 2. The van der Waals surface area contributed by atoms with Crippen molar-refractivity contribution < 1.29 is 28.2 Å². The molecule has 0 bridgehead atoms. The third-order valence-electron chi connectivity index (χ3n) is 2.27. The Balaban J connectivity index is 3.36. The fourth-order valence-corrected chi connectivity index (χ4v) is 1.39. The number of aldehydes is 1. The van der Waals surface area contributed by atoms with Crippen molar-refractivity contribution in [3.05, 3.63) is 34.9 Å². The van der Waals surface area contributed by atoms with Gasteiger partial charge in [0.15, 0.2) is 6.10 Å². The van der Waals surface area contributed by atoms with Crippen molar-refractivity contribution in [1.82, 2.24) is 0 Å². The summed E-state index contributed by atoms with van der Waals surface area (Å²) in [6.45, 7) is 0. The molecular formula is C11H8F3NO3. The number of carbonyl (C=O) groups is 1. The highest BCUT2D eigenvalue weighted by Gasteiger charge is 2.36. The van der Waals surface area contributed by atoms with Crippen molar-refractivity contribution in [2.24, 2.45) is 0 Å². The Morgan fingerprint density at radius 1 is 1.33 bits per heavy atom.